The van der Waals surface area contributed by atoms with Gasteiger partial charge in [0.05, 0.1) is 36.7 Å². The summed E-state index contributed by atoms with van der Waals surface area (Å²) in [6, 6.07) is 15.5. The monoisotopic (exact) mass is 486 g/mol. The highest BCUT2D eigenvalue weighted by Gasteiger charge is 2.28. The number of piperidine rings is 1. The zero-order chi connectivity index (χ0) is 25.2. The van der Waals surface area contributed by atoms with Gasteiger partial charge in [0.1, 0.15) is 5.52 Å². The summed E-state index contributed by atoms with van der Waals surface area (Å²) < 4.78 is 12.6. The highest BCUT2D eigenvalue weighted by atomic mass is 16.5. The number of aryl methyl sites for hydroxylation is 2. The fourth-order valence-corrected chi connectivity index (χ4v) is 4.86. The quantitative estimate of drug-likeness (QED) is 0.434. The molecule has 0 unspecified atom stereocenters. The van der Waals surface area contributed by atoms with Crippen molar-refractivity contribution in [1.29, 1.82) is 0 Å². The van der Waals surface area contributed by atoms with Gasteiger partial charge in [-0.2, -0.15) is 10.2 Å². The maximum absolute atomic E-state index is 13.0. The lowest BCUT2D eigenvalue weighted by atomic mass is 9.95. The van der Waals surface area contributed by atoms with Gasteiger partial charge in [-0.05, 0) is 51.0 Å². The molecule has 1 amide bonds. The number of methoxy groups -OCH3 is 2. The van der Waals surface area contributed by atoms with Crippen LogP contribution in [0.4, 0.5) is 11.5 Å². The predicted molar refractivity (Wildman–Crippen MR) is 139 cm³/mol. The number of para-hydroxylation sites is 1. The Morgan fingerprint density at radius 2 is 1.69 bits per heavy atom. The third-order valence-corrected chi connectivity index (χ3v) is 6.80. The lowest BCUT2D eigenvalue weighted by Crippen LogP contribution is -2.38. The van der Waals surface area contributed by atoms with Crippen LogP contribution in [-0.4, -0.2) is 53.2 Å². The molecule has 1 aliphatic rings. The molecule has 0 radical (unpaired) electrons. The molecule has 0 atom stereocenters. The van der Waals surface area contributed by atoms with Crippen molar-refractivity contribution in [2.24, 2.45) is 5.92 Å². The summed E-state index contributed by atoms with van der Waals surface area (Å²) >= 11 is 0. The zero-order valence-corrected chi connectivity index (χ0v) is 21.0. The van der Waals surface area contributed by atoms with E-state index in [4.69, 9.17) is 14.6 Å². The van der Waals surface area contributed by atoms with Crippen molar-refractivity contribution < 1.29 is 14.3 Å². The van der Waals surface area contributed by atoms with Crippen molar-refractivity contribution in [2.45, 2.75) is 26.7 Å². The van der Waals surface area contributed by atoms with E-state index in [1.54, 1.807) is 26.4 Å². The summed E-state index contributed by atoms with van der Waals surface area (Å²) in [6.07, 6.45) is 1.43. The number of nitrogens with one attached hydrogen (secondary N) is 1. The van der Waals surface area contributed by atoms with Gasteiger partial charge in [0.2, 0.25) is 5.91 Å². The van der Waals surface area contributed by atoms with E-state index in [0.717, 1.165) is 33.8 Å². The number of amides is 1. The molecule has 9 heteroatoms. The minimum atomic E-state index is -0.0909. The minimum absolute atomic E-state index is 0.00575. The molecule has 3 heterocycles. The Labute approximate surface area is 210 Å². The summed E-state index contributed by atoms with van der Waals surface area (Å²) in [6.45, 7) is 5.43. The Morgan fingerprint density at radius 3 is 2.39 bits per heavy atom. The van der Waals surface area contributed by atoms with E-state index in [9.17, 15) is 4.79 Å². The standard InChI is InChI=1S/C27H30N6O3/c1-17-24-18(2)33(21-8-6-5-7-9-21)31-25(24)26(30-29-17)32-14-12-19(13-15-32)27(34)28-20-10-11-22(35-3)23(16-20)36-4/h5-11,16,19H,12-15H2,1-4H3,(H,28,34). The van der Waals surface area contributed by atoms with Crippen LogP contribution < -0.4 is 19.7 Å². The number of carbonyl (C=O) groups excluding carboxylic acids is 1. The average Bonchev–Trinajstić information content (AvgIpc) is 3.27. The second kappa shape index (κ2) is 9.85. The van der Waals surface area contributed by atoms with Crippen LogP contribution in [0.1, 0.15) is 24.2 Å². The number of ether oxygens (including phenoxy) is 2. The number of aromatic nitrogens is 4. The molecule has 2 aromatic heterocycles. The van der Waals surface area contributed by atoms with Crippen LogP contribution in [0.15, 0.2) is 48.5 Å². The average molecular weight is 487 g/mol. The van der Waals surface area contributed by atoms with E-state index in [2.05, 4.69) is 27.3 Å². The summed E-state index contributed by atoms with van der Waals surface area (Å²) in [5, 5.41) is 17.9. The lowest BCUT2D eigenvalue weighted by molar-refractivity contribution is -0.120. The normalized spacial score (nSPS) is 14.2. The second-order valence-corrected chi connectivity index (χ2v) is 8.99. The Hall–Kier alpha value is -4.14. The third kappa shape index (κ3) is 4.32. The largest absolute Gasteiger partial charge is 0.493 e. The maximum Gasteiger partial charge on any atom is 0.227 e. The van der Waals surface area contributed by atoms with Gasteiger partial charge in [-0.15, -0.1) is 5.10 Å². The molecule has 36 heavy (non-hydrogen) atoms. The van der Waals surface area contributed by atoms with E-state index in [1.165, 1.54) is 0 Å². The summed E-state index contributed by atoms with van der Waals surface area (Å²) in [5.41, 5.74) is 4.43. The van der Waals surface area contributed by atoms with E-state index in [0.29, 0.717) is 43.1 Å². The molecule has 1 saturated heterocycles. The van der Waals surface area contributed by atoms with Crippen molar-refractivity contribution in [3.8, 4) is 17.2 Å². The number of anilines is 2. The SMILES string of the molecule is COc1ccc(NC(=O)C2CCN(c3nnc(C)c4c(C)n(-c5ccccc5)nc34)CC2)cc1OC. The van der Waals surface area contributed by atoms with Gasteiger partial charge in [0.25, 0.3) is 0 Å². The molecule has 9 nitrogen and oxygen atoms in total. The zero-order valence-electron chi connectivity index (χ0n) is 21.0. The topological polar surface area (TPSA) is 94.4 Å². The fraction of sp³-hybridized carbons (Fsp3) is 0.333. The minimum Gasteiger partial charge on any atom is -0.493 e. The van der Waals surface area contributed by atoms with Crippen LogP contribution in [0.5, 0.6) is 11.5 Å². The van der Waals surface area contributed by atoms with Crippen molar-refractivity contribution in [3.63, 3.8) is 0 Å². The van der Waals surface area contributed by atoms with Crippen molar-refractivity contribution in [2.75, 3.05) is 37.5 Å². The maximum atomic E-state index is 13.0. The molecule has 0 saturated carbocycles. The van der Waals surface area contributed by atoms with Crippen molar-refractivity contribution in [3.05, 3.63) is 59.9 Å². The molecule has 0 bridgehead atoms. The Balaban J connectivity index is 1.32. The summed E-state index contributed by atoms with van der Waals surface area (Å²) in [4.78, 5) is 15.2. The molecule has 0 spiro atoms. The second-order valence-electron chi connectivity index (χ2n) is 8.99. The third-order valence-electron chi connectivity index (χ3n) is 6.80. The van der Waals surface area contributed by atoms with Gasteiger partial charge in [-0.25, -0.2) is 4.68 Å². The highest BCUT2D eigenvalue weighted by Crippen LogP contribution is 2.33. The van der Waals surface area contributed by atoms with Crippen LogP contribution in [-0.2, 0) is 4.79 Å². The number of fused-ring (bicyclic) bond motifs is 1. The van der Waals surface area contributed by atoms with Crippen molar-refractivity contribution in [1.82, 2.24) is 20.0 Å². The molecule has 186 valence electrons. The van der Waals surface area contributed by atoms with Gasteiger partial charge < -0.3 is 19.7 Å². The molecule has 1 N–H and O–H groups in total. The number of nitrogens with zero attached hydrogens (tertiary/aromatic N) is 5. The first-order valence-electron chi connectivity index (χ1n) is 12.1. The molecular formula is C27H30N6O3. The summed E-state index contributed by atoms with van der Waals surface area (Å²) in [7, 11) is 3.16. The number of hydrogen-bond acceptors (Lipinski definition) is 7. The summed E-state index contributed by atoms with van der Waals surface area (Å²) in [5.74, 6) is 1.89. The first-order valence-corrected chi connectivity index (χ1v) is 12.1. The fourth-order valence-electron chi connectivity index (χ4n) is 4.86. The van der Waals surface area contributed by atoms with Gasteiger partial charge in [-0.1, -0.05) is 18.2 Å². The Kier molecular flexibility index (Phi) is 6.45. The van der Waals surface area contributed by atoms with Crippen LogP contribution in [0.25, 0.3) is 16.6 Å². The van der Waals surface area contributed by atoms with Crippen LogP contribution in [0.2, 0.25) is 0 Å². The van der Waals surface area contributed by atoms with E-state index in [1.807, 2.05) is 48.0 Å². The number of carbonyl (C=O) groups is 1. The molecule has 1 aliphatic heterocycles. The van der Waals surface area contributed by atoms with E-state index < -0.39 is 0 Å². The highest BCUT2D eigenvalue weighted by molar-refractivity contribution is 5.94. The number of benzene rings is 2. The van der Waals surface area contributed by atoms with Gasteiger partial charge in [-0.3, -0.25) is 4.79 Å². The van der Waals surface area contributed by atoms with Crippen LogP contribution >= 0.6 is 0 Å². The van der Waals surface area contributed by atoms with Gasteiger partial charge >= 0.3 is 0 Å². The van der Waals surface area contributed by atoms with E-state index in [-0.39, 0.29) is 11.8 Å². The molecule has 0 aliphatic carbocycles. The van der Waals surface area contributed by atoms with Crippen LogP contribution in [0.3, 0.4) is 0 Å². The lowest BCUT2D eigenvalue weighted by Gasteiger charge is -2.32. The molecule has 1 fully saturated rings. The van der Waals surface area contributed by atoms with Crippen molar-refractivity contribution >= 4 is 28.3 Å². The van der Waals surface area contributed by atoms with Gasteiger partial charge in [0, 0.05) is 30.8 Å². The first-order chi connectivity index (χ1) is 17.5. The molecule has 5 rings (SSSR count). The number of rotatable bonds is 6. The smallest absolute Gasteiger partial charge is 0.227 e. The van der Waals surface area contributed by atoms with Gasteiger partial charge in [0.15, 0.2) is 17.3 Å². The number of hydrogen-bond donors (Lipinski definition) is 1. The van der Waals surface area contributed by atoms with E-state index >= 15 is 0 Å². The van der Waals surface area contributed by atoms with Crippen LogP contribution in [0, 0.1) is 19.8 Å². The molecule has 2 aromatic carbocycles. The Bertz CT molecular complexity index is 1390. The first kappa shape index (κ1) is 23.6. The molecule has 4 aromatic rings. The molecular weight excluding hydrogens is 456 g/mol. The Morgan fingerprint density at radius 1 is 0.972 bits per heavy atom. The predicted octanol–water partition coefficient (Wildman–Crippen LogP) is 4.30.